The van der Waals surface area contributed by atoms with Crippen molar-refractivity contribution < 1.29 is 14.3 Å². The van der Waals surface area contributed by atoms with Crippen molar-refractivity contribution in [2.75, 3.05) is 57.4 Å². The summed E-state index contributed by atoms with van der Waals surface area (Å²) in [6, 6.07) is 16.1. The number of hydrogen-bond donors (Lipinski definition) is 1. The molecule has 6 nitrogen and oxygen atoms in total. The Morgan fingerprint density at radius 2 is 1.69 bits per heavy atom. The van der Waals surface area contributed by atoms with Gasteiger partial charge in [-0.25, -0.2) is 0 Å². The maximum Gasteiger partial charge on any atom is 0.257 e. The molecule has 6 heteroatoms. The van der Waals surface area contributed by atoms with Gasteiger partial charge in [0.15, 0.2) is 6.61 Å². The predicted molar refractivity (Wildman–Crippen MR) is 130 cm³/mol. The van der Waals surface area contributed by atoms with Gasteiger partial charge in [0.05, 0.1) is 6.61 Å². The van der Waals surface area contributed by atoms with Crippen molar-refractivity contribution in [3.05, 3.63) is 54.1 Å². The molecule has 2 aromatic carbocycles. The molecule has 0 bridgehead atoms. The van der Waals surface area contributed by atoms with Crippen LogP contribution in [0.4, 0.5) is 5.69 Å². The van der Waals surface area contributed by atoms with Crippen LogP contribution in [0.1, 0.15) is 31.7 Å². The Labute approximate surface area is 192 Å². The molecule has 1 fully saturated rings. The van der Waals surface area contributed by atoms with Gasteiger partial charge in [-0.05, 0) is 74.7 Å². The zero-order chi connectivity index (χ0) is 22.6. The molecule has 0 aliphatic carbocycles. The standard InChI is InChI=1S/C26H37N3O3/c1-3-19-31-24-9-11-25(12-10-24)32-21-26(30)27-13-4-5-14-28-15-17-29(18-16-28)23-8-6-7-22(2)20-23/h6-12,20H,3-5,13-19,21H2,1-2H3,(H,27,30). The molecule has 1 aliphatic heterocycles. The van der Waals surface area contributed by atoms with E-state index in [1.54, 1.807) is 0 Å². The Kier molecular flexibility index (Phi) is 9.69. The number of nitrogens with one attached hydrogen (secondary N) is 1. The second kappa shape index (κ2) is 13.0. The number of hydrogen-bond acceptors (Lipinski definition) is 5. The largest absolute Gasteiger partial charge is 0.494 e. The molecular formula is C26H37N3O3. The predicted octanol–water partition coefficient (Wildman–Crippen LogP) is 3.88. The van der Waals surface area contributed by atoms with Crippen LogP contribution in [0.2, 0.25) is 0 Å². The first kappa shape index (κ1) is 23.9. The quantitative estimate of drug-likeness (QED) is 0.509. The topological polar surface area (TPSA) is 54.0 Å². The lowest BCUT2D eigenvalue weighted by molar-refractivity contribution is -0.123. The summed E-state index contributed by atoms with van der Waals surface area (Å²) in [4.78, 5) is 17.0. The van der Waals surface area contributed by atoms with Gasteiger partial charge >= 0.3 is 0 Å². The first-order valence-corrected chi connectivity index (χ1v) is 11.8. The first-order chi connectivity index (χ1) is 15.6. The van der Waals surface area contributed by atoms with Crippen molar-refractivity contribution in [2.45, 2.75) is 33.1 Å². The van der Waals surface area contributed by atoms with Crippen molar-refractivity contribution in [3.63, 3.8) is 0 Å². The summed E-state index contributed by atoms with van der Waals surface area (Å²) < 4.78 is 11.1. The fourth-order valence-corrected chi connectivity index (χ4v) is 3.79. The number of amides is 1. The van der Waals surface area contributed by atoms with Gasteiger partial charge in [-0.2, -0.15) is 0 Å². The molecule has 1 saturated heterocycles. The number of carbonyl (C=O) groups excluding carboxylic acids is 1. The first-order valence-electron chi connectivity index (χ1n) is 11.8. The van der Waals surface area contributed by atoms with Crippen molar-refractivity contribution in [2.24, 2.45) is 0 Å². The minimum absolute atomic E-state index is 0.0378. The van der Waals surface area contributed by atoms with E-state index in [-0.39, 0.29) is 12.5 Å². The Bertz CT molecular complexity index is 817. The Hall–Kier alpha value is -2.73. The van der Waals surface area contributed by atoms with Gasteiger partial charge in [0.2, 0.25) is 0 Å². The lowest BCUT2D eigenvalue weighted by Gasteiger charge is -2.36. The molecule has 1 amide bonds. The van der Waals surface area contributed by atoms with Crippen LogP contribution in [0.15, 0.2) is 48.5 Å². The Morgan fingerprint density at radius 1 is 0.969 bits per heavy atom. The number of rotatable bonds is 12. The average Bonchev–Trinajstić information content (AvgIpc) is 2.82. The molecule has 2 aromatic rings. The van der Waals surface area contributed by atoms with E-state index in [0.717, 1.165) is 57.7 Å². The molecule has 1 N–H and O–H groups in total. The number of nitrogens with zero attached hydrogens (tertiary/aromatic N) is 2. The molecule has 0 unspecified atom stereocenters. The molecule has 1 heterocycles. The third kappa shape index (κ3) is 8.08. The number of benzene rings is 2. The van der Waals surface area contributed by atoms with E-state index in [1.165, 1.54) is 11.3 Å². The van der Waals surface area contributed by atoms with Crippen molar-refractivity contribution >= 4 is 11.6 Å². The SMILES string of the molecule is CCCOc1ccc(OCC(=O)NCCCCN2CCN(c3cccc(C)c3)CC2)cc1. The monoisotopic (exact) mass is 439 g/mol. The molecule has 1 aliphatic rings. The van der Waals surface area contributed by atoms with Crippen molar-refractivity contribution in [3.8, 4) is 11.5 Å². The highest BCUT2D eigenvalue weighted by Gasteiger charge is 2.16. The lowest BCUT2D eigenvalue weighted by atomic mass is 10.2. The third-order valence-electron chi connectivity index (χ3n) is 5.63. The third-order valence-corrected chi connectivity index (χ3v) is 5.63. The van der Waals surface area contributed by atoms with Crippen LogP contribution in [0.25, 0.3) is 0 Å². The van der Waals surface area contributed by atoms with Crippen LogP contribution in [0.3, 0.4) is 0 Å². The fraction of sp³-hybridized carbons (Fsp3) is 0.500. The smallest absolute Gasteiger partial charge is 0.257 e. The Balaban J connectivity index is 1.22. The van der Waals surface area contributed by atoms with Gasteiger partial charge in [0.1, 0.15) is 11.5 Å². The van der Waals surface area contributed by atoms with Crippen LogP contribution in [-0.2, 0) is 4.79 Å². The zero-order valence-electron chi connectivity index (χ0n) is 19.5. The average molecular weight is 440 g/mol. The summed E-state index contributed by atoms with van der Waals surface area (Å²) >= 11 is 0. The van der Waals surface area contributed by atoms with E-state index >= 15 is 0 Å². The summed E-state index contributed by atoms with van der Waals surface area (Å²) in [5.74, 6) is 1.41. The van der Waals surface area contributed by atoms with E-state index in [1.807, 2.05) is 24.3 Å². The highest BCUT2D eigenvalue weighted by Crippen LogP contribution is 2.18. The minimum Gasteiger partial charge on any atom is -0.494 e. The molecule has 0 spiro atoms. The van der Waals surface area contributed by atoms with E-state index in [0.29, 0.717) is 18.9 Å². The van der Waals surface area contributed by atoms with E-state index < -0.39 is 0 Å². The lowest BCUT2D eigenvalue weighted by Crippen LogP contribution is -2.46. The maximum atomic E-state index is 12.0. The molecule has 0 radical (unpaired) electrons. The zero-order valence-corrected chi connectivity index (χ0v) is 19.5. The van der Waals surface area contributed by atoms with Gasteiger partial charge < -0.3 is 19.7 Å². The number of anilines is 1. The Morgan fingerprint density at radius 3 is 2.38 bits per heavy atom. The minimum atomic E-state index is -0.0805. The number of ether oxygens (including phenoxy) is 2. The van der Waals surface area contributed by atoms with Crippen LogP contribution in [-0.4, -0.2) is 63.3 Å². The number of aryl methyl sites for hydroxylation is 1. The summed E-state index contributed by atoms with van der Waals surface area (Å²) in [7, 11) is 0. The molecule has 3 rings (SSSR count). The highest BCUT2D eigenvalue weighted by molar-refractivity contribution is 5.77. The molecular weight excluding hydrogens is 402 g/mol. The second-order valence-electron chi connectivity index (χ2n) is 8.33. The van der Waals surface area contributed by atoms with E-state index in [4.69, 9.17) is 9.47 Å². The summed E-state index contributed by atoms with van der Waals surface area (Å²) in [6.45, 7) is 11.1. The number of piperazine rings is 1. The van der Waals surface area contributed by atoms with Gasteiger partial charge in [-0.3, -0.25) is 9.69 Å². The highest BCUT2D eigenvalue weighted by atomic mass is 16.5. The van der Waals surface area contributed by atoms with Gasteiger partial charge in [-0.15, -0.1) is 0 Å². The fourth-order valence-electron chi connectivity index (χ4n) is 3.79. The molecule has 174 valence electrons. The van der Waals surface area contributed by atoms with E-state index in [9.17, 15) is 4.79 Å². The van der Waals surface area contributed by atoms with Crippen LogP contribution >= 0.6 is 0 Å². The number of carbonyl (C=O) groups is 1. The summed E-state index contributed by atoms with van der Waals surface area (Å²) in [5.41, 5.74) is 2.64. The molecule has 32 heavy (non-hydrogen) atoms. The molecule has 0 aromatic heterocycles. The van der Waals surface area contributed by atoms with Crippen LogP contribution < -0.4 is 19.7 Å². The second-order valence-corrected chi connectivity index (χ2v) is 8.33. The maximum absolute atomic E-state index is 12.0. The van der Waals surface area contributed by atoms with Gasteiger partial charge in [0.25, 0.3) is 5.91 Å². The van der Waals surface area contributed by atoms with Gasteiger partial charge in [-0.1, -0.05) is 19.1 Å². The van der Waals surface area contributed by atoms with Crippen LogP contribution in [0, 0.1) is 6.92 Å². The molecule has 0 saturated carbocycles. The number of unbranched alkanes of at least 4 members (excludes halogenated alkanes) is 1. The van der Waals surface area contributed by atoms with Crippen molar-refractivity contribution in [1.82, 2.24) is 10.2 Å². The summed E-state index contributed by atoms with van der Waals surface area (Å²) in [6.07, 6.45) is 3.04. The van der Waals surface area contributed by atoms with Crippen molar-refractivity contribution in [1.29, 1.82) is 0 Å². The van der Waals surface area contributed by atoms with Crippen LogP contribution in [0.5, 0.6) is 11.5 Å². The normalized spacial score (nSPS) is 14.2. The summed E-state index contributed by atoms with van der Waals surface area (Å²) in [5, 5.41) is 2.95. The van der Waals surface area contributed by atoms with Gasteiger partial charge in [0, 0.05) is 38.4 Å². The molecule has 0 atom stereocenters. The van der Waals surface area contributed by atoms with E-state index in [2.05, 4.69) is 53.2 Å².